The summed E-state index contributed by atoms with van der Waals surface area (Å²) in [6.07, 6.45) is 2.17. The van der Waals surface area contributed by atoms with E-state index in [0.717, 1.165) is 18.4 Å². The highest BCUT2D eigenvalue weighted by Gasteiger charge is 2.52. The molecule has 0 unspecified atom stereocenters. The molecule has 0 bridgehead atoms. The molecule has 2 aliphatic rings. The quantitative estimate of drug-likeness (QED) is 0.655. The first-order valence-corrected chi connectivity index (χ1v) is 6.22. The number of nitrogens with zero attached hydrogens (tertiary/aromatic N) is 2. The Bertz CT molecular complexity index is 505. The van der Waals surface area contributed by atoms with Gasteiger partial charge in [0.25, 0.3) is 5.69 Å². The van der Waals surface area contributed by atoms with E-state index in [9.17, 15) is 15.2 Å². The summed E-state index contributed by atoms with van der Waals surface area (Å²) in [6, 6.07) is 5.24. The molecular weight excluding hydrogens is 232 g/mol. The van der Waals surface area contributed by atoms with Crippen molar-refractivity contribution in [3.05, 3.63) is 33.9 Å². The summed E-state index contributed by atoms with van der Waals surface area (Å²) in [6.45, 7) is 2.87. The van der Waals surface area contributed by atoms with Gasteiger partial charge in [0.15, 0.2) is 0 Å². The normalized spacial score (nSPS) is 21.6. The highest BCUT2D eigenvalue weighted by Crippen LogP contribution is 2.46. The molecule has 0 spiro atoms. The SMILES string of the molecule is Cc1ccc(N2CC(O)(C3CC3)C2)c([N+](=O)[O-])c1. The zero-order valence-electron chi connectivity index (χ0n) is 10.3. The average molecular weight is 248 g/mol. The van der Waals surface area contributed by atoms with E-state index in [1.165, 1.54) is 0 Å². The van der Waals surface area contributed by atoms with E-state index in [0.29, 0.717) is 24.7 Å². The lowest BCUT2D eigenvalue weighted by molar-refractivity contribution is -0.384. The number of anilines is 1. The lowest BCUT2D eigenvalue weighted by atomic mass is 9.88. The van der Waals surface area contributed by atoms with Crippen LogP contribution in [0.5, 0.6) is 0 Å². The third-order valence-corrected chi connectivity index (χ3v) is 3.93. The average Bonchev–Trinajstić information content (AvgIpc) is 3.09. The molecule has 2 fully saturated rings. The Morgan fingerprint density at radius 3 is 2.67 bits per heavy atom. The molecule has 0 aromatic heterocycles. The fourth-order valence-electron chi connectivity index (χ4n) is 2.71. The highest BCUT2D eigenvalue weighted by atomic mass is 16.6. The van der Waals surface area contributed by atoms with Crippen molar-refractivity contribution in [2.45, 2.75) is 25.4 Å². The molecule has 1 aromatic rings. The van der Waals surface area contributed by atoms with Gasteiger partial charge in [-0.25, -0.2) is 0 Å². The van der Waals surface area contributed by atoms with Crippen molar-refractivity contribution in [1.82, 2.24) is 0 Å². The Morgan fingerprint density at radius 2 is 2.11 bits per heavy atom. The third kappa shape index (κ3) is 1.75. The summed E-state index contributed by atoms with van der Waals surface area (Å²) >= 11 is 0. The van der Waals surface area contributed by atoms with Crippen molar-refractivity contribution in [2.75, 3.05) is 18.0 Å². The second kappa shape index (κ2) is 3.68. The first kappa shape index (κ1) is 11.5. The topological polar surface area (TPSA) is 66.6 Å². The maximum atomic E-state index is 11.0. The molecule has 3 rings (SSSR count). The fraction of sp³-hybridized carbons (Fsp3) is 0.538. The molecule has 1 saturated heterocycles. The Labute approximate surface area is 105 Å². The molecule has 1 aliphatic carbocycles. The number of hydrogen-bond donors (Lipinski definition) is 1. The summed E-state index contributed by atoms with van der Waals surface area (Å²) < 4.78 is 0. The molecule has 1 aromatic carbocycles. The largest absolute Gasteiger partial charge is 0.386 e. The zero-order chi connectivity index (χ0) is 12.9. The van der Waals surface area contributed by atoms with Crippen LogP contribution in [0.15, 0.2) is 18.2 Å². The minimum Gasteiger partial charge on any atom is -0.386 e. The standard InChI is InChI=1S/C13H16N2O3/c1-9-2-5-11(12(6-9)15(17)18)14-7-13(16,8-14)10-3-4-10/h2,5-6,10,16H,3-4,7-8H2,1H3. The molecule has 0 atom stereocenters. The summed E-state index contributed by atoms with van der Waals surface area (Å²) in [4.78, 5) is 12.6. The Hall–Kier alpha value is -1.62. The number of hydrogen-bond acceptors (Lipinski definition) is 4. The van der Waals surface area contributed by atoms with Crippen LogP contribution in [0.1, 0.15) is 18.4 Å². The second-order valence-corrected chi connectivity index (χ2v) is 5.48. The predicted octanol–water partition coefficient (Wildman–Crippen LogP) is 1.86. The first-order chi connectivity index (χ1) is 8.49. The number of benzene rings is 1. The minimum absolute atomic E-state index is 0.132. The van der Waals surface area contributed by atoms with Gasteiger partial charge in [0, 0.05) is 19.2 Å². The van der Waals surface area contributed by atoms with Crippen LogP contribution in [0.3, 0.4) is 0 Å². The number of rotatable bonds is 3. The molecule has 0 amide bonds. The van der Waals surface area contributed by atoms with Crippen LogP contribution < -0.4 is 4.90 Å². The fourth-order valence-corrected chi connectivity index (χ4v) is 2.71. The van der Waals surface area contributed by atoms with Crippen LogP contribution in [0.2, 0.25) is 0 Å². The van der Waals surface area contributed by atoms with Gasteiger partial charge in [0.05, 0.1) is 4.92 Å². The molecule has 1 N–H and O–H groups in total. The minimum atomic E-state index is -0.612. The first-order valence-electron chi connectivity index (χ1n) is 6.22. The molecule has 1 saturated carbocycles. The molecular formula is C13H16N2O3. The number of β-amino-alcohol motifs (C(OH)–C–C–N with tert-alkyl or cyclic N) is 1. The number of aliphatic hydroxyl groups is 1. The van der Waals surface area contributed by atoms with Gasteiger partial charge in [0.1, 0.15) is 11.3 Å². The molecule has 5 nitrogen and oxygen atoms in total. The van der Waals surface area contributed by atoms with E-state index >= 15 is 0 Å². The van der Waals surface area contributed by atoms with Gasteiger partial charge < -0.3 is 10.0 Å². The van der Waals surface area contributed by atoms with Crippen LogP contribution >= 0.6 is 0 Å². The maximum Gasteiger partial charge on any atom is 0.292 e. The van der Waals surface area contributed by atoms with Gasteiger partial charge in [-0.05, 0) is 37.3 Å². The molecule has 0 radical (unpaired) electrons. The summed E-state index contributed by atoms with van der Waals surface area (Å²) in [5.74, 6) is 0.401. The van der Waals surface area contributed by atoms with Crippen molar-refractivity contribution >= 4 is 11.4 Å². The van der Waals surface area contributed by atoms with Crippen LogP contribution in [-0.2, 0) is 0 Å². The van der Waals surface area contributed by atoms with E-state index in [4.69, 9.17) is 0 Å². The van der Waals surface area contributed by atoms with E-state index in [-0.39, 0.29) is 10.6 Å². The van der Waals surface area contributed by atoms with E-state index < -0.39 is 5.60 Å². The zero-order valence-corrected chi connectivity index (χ0v) is 10.3. The smallest absolute Gasteiger partial charge is 0.292 e. The summed E-state index contributed by atoms with van der Waals surface area (Å²) in [7, 11) is 0. The van der Waals surface area contributed by atoms with Crippen molar-refractivity contribution < 1.29 is 10.0 Å². The number of nitro groups is 1. The maximum absolute atomic E-state index is 11.0. The predicted molar refractivity (Wildman–Crippen MR) is 67.7 cm³/mol. The Morgan fingerprint density at radius 1 is 1.44 bits per heavy atom. The Kier molecular flexibility index (Phi) is 2.35. The Balaban J connectivity index is 1.83. The number of nitro benzene ring substituents is 1. The van der Waals surface area contributed by atoms with Gasteiger partial charge in [-0.15, -0.1) is 0 Å². The summed E-state index contributed by atoms with van der Waals surface area (Å²) in [5, 5.41) is 21.3. The van der Waals surface area contributed by atoms with Crippen molar-refractivity contribution in [3.63, 3.8) is 0 Å². The van der Waals surface area contributed by atoms with Gasteiger partial charge in [0.2, 0.25) is 0 Å². The van der Waals surface area contributed by atoms with E-state index in [2.05, 4.69) is 0 Å². The van der Waals surface area contributed by atoms with Crippen LogP contribution in [0.4, 0.5) is 11.4 Å². The van der Waals surface area contributed by atoms with Crippen molar-refractivity contribution in [1.29, 1.82) is 0 Å². The van der Waals surface area contributed by atoms with E-state index in [1.54, 1.807) is 12.1 Å². The van der Waals surface area contributed by atoms with Crippen molar-refractivity contribution in [3.8, 4) is 0 Å². The van der Waals surface area contributed by atoms with E-state index in [1.807, 2.05) is 17.9 Å². The van der Waals surface area contributed by atoms with Gasteiger partial charge in [-0.2, -0.15) is 0 Å². The monoisotopic (exact) mass is 248 g/mol. The van der Waals surface area contributed by atoms with Crippen molar-refractivity contribution in [2.24, 2.45) is 5.92 Å². The lowest BCUT2D eigenvalue weighted by Crippen LogP contribution is -2.63. The number of aryl methyl sites for hydroxylation is 1. The van der Waals surface area contributed by atoms with Crippen LogP contribution in [0.25, 0.3) is 0 Å². The molecule has 18 heavy (non-hydrogen) atoms. The highest BCUT2D eigenvalue weighted by molar-refractivity contribution is 5.66. The third-order valence-electron chi connectivity index (χ3n) is 3.93. The lowest BCUT2D eigenvalue weighted by Gasteiger charge is -2.48. The molecule has 1 aliphatic heterocycles. The molecule has 5 heteroatoms. The van der Waals surface area contributed by atoms with Gasteiger partial charge in [-0.3, -0.25) is 10.1 Å². The van der Waals surface area contributed by atoms with Crippen LogP contribution in [-0.4, -0.2) is 28.7 Å². The molecule has 1 heterocycles. The van der Waals surface area contributed by atoms with Crippen LogP contribution in [0, 0.1) is 23.0 Å². The van der Waals surface area contributed by atoms with Gasteiger partial charge in [-0.1, -0.05) is 6.07 Å². The second-order valence-electron chi connectivity index (χ2n) is 5.48. The van der Waals surface area contributed by atoms with Gasteiger partial charge >= 0.3 is 0 Å². The molecule has 96 valence electrons. The summed E-state index contributed by atoms with van der Waals surface area (Å²) in [5.41, 5.74) is 1.02.